The van der Waals surface area contributed by atoms with Gasteiger partial charge in [0.15, 0.2) is 5.78 Å². The fourth-order valence-electron chi connectivity index (χ4n) is 4.93. The normalized spacial score (nSPS) is 20.6. The van der Waals surface area contributed by atoms with Gasteiger partial charge in [-0.1, -0.05) is 18.2 Å². The van der Waals surface area contributed by atoms with E-state index < -0.39 is 41.2 Å². The predicted octanol–water partition coefficient (Wildman–Crippen LogP) is 4.76. The molecule has 2 unspecified atom stereocenters. The molecule has 2 aliphatic rings. The number of halogens is 3. The van der Waals surface area contributed by atoms with Gasteiger partial charge >= 0.3 is 6.18 Å². The van der Waals surface area contributed by atoms with Gasteiger partial charge in [0.25, 0.3) is 0 Å². The molecule has 2 aliphatic heterocycles. The van der Waals surface area contributed by atoms with Crippen LogP contribution in [-0.4, -0.2) is 47.1 Å². The van der Waals surface area contributed by atoms with E-state index in [4.69, 9.17) is 0 Å². The number of hydrogen-bond acceptors (Lipinski definition) is 5. The van der Waals surface area contributed by atoms with Crippen molar-refractivity contribution in [3.05, 3.63) is 76.5 Å². The van der Waals surface area contributed by atoms with Crippen molar-refractivity contribution in [2.24, 2.45) is 5.92 Å². The molecule has 2 amide bonds. The summed E-state index contributed by atoms with van der Waals surface area (Å²) in [6.07, 6.45) is -4.64. The lowest BCUT2D eigenvalue weighted by molar-refractivity contribution is -0.142. The second kappa shape index (κ2) is 10.4. The van der Waals surface area contributed by atoms with Gasteiger partial charge in [-0.05, 0) is 49.7 Å². The summed E-state index contributed by atoms with van der Waals surface area (Å²) in [6, 6.07) is 12.6. The van der Waals surface area contributed by atoms with E-state index in [2.05, 4.69) is 0 Å². The maximum atomic E-state index is 14.1. The molecule has 37 heavy (non-hydrogen) atoms. The minimum absolute atomic E-state index is 0.0682. The van der Waals surface area contributed by atoms with E-state index in [1.54, 1.807) is 40.9 Å². The van der Waals surface area contributed by atoms with Crippen molar-refractivity contribution < 1.29 is 27.6 Å². The molecule has 4 rings (SSSR count). The monoisotopic (exact) mass is 527 g/mol. The van der Waals surface area contributed by atoms with Gasteiger partial charge in [-0.15, -0.1) is 0 Å². The number of thioether (sulfide) groups is 1. The number of nitrogens with zero attached hydrogens (tertiary/aromatic N) is 3. The fraction of sp³-hybridized carbons (Fsp3) is 0.333. The second-order valence-corrected chi connectivity index (χ2v) is 10.1. The Morgan fingerprint density at radius 3 is 2.30 bits per heavy atom. The molecule has 192 valence electrons. The zero-order chi connectivity index (χ0) is 26.9. The first-order valence-electron chi connectivity index (χ1n) is 11.6. The first-order chi connectivity index (χ1) is 17.5. The molecule has 0 radical (unpaired) electrons. The standard InChI is InChI=1S/C27H24F3N3O3S/c1-16-22(17(2)34)23(19-8-6-18(15-31)7-9-19)24(25(35)32-10-12-37-13-11-32)26(36)33(16)21-5-3-4-20(14-21)27(28,29)30/h3-9,14,23-24H,10-13H2,1-2H3. The zero-order valence-electron chi connectivity index (χ0n) is 20.2. The SMILES string of the molecule is CC(=O)C1=C(C)N(c2cccc(C(F)(F)F)c2)C(=O)C(C(=O)N2CCSCC2)C1c1ccc(C#N)cc1. The number of hydrogen-bond donors (Lipinski definition) is 0. The molecule has 0 spiro atoms. The number of carbonyl (C=O) groups is 3. The molecule has 1 saturated heterocycles. The van der Waals surface area contributed by atoms with Crippen molar-refractivity contribution in [3.63, 3.8) is 0 Å². The number of allylic oxidation sites excluding steroid dienone is 2. The minimum atomic E-state index is -4.64. The summed E-state index contributed by atoms with van der Waals surface area (Å²) in [4.78, 5) is 43.6. The Morgan fingerprint density at radius 2 is 1.73 bits per heavy atom. The number of rotatable bonds is 4. The Bertz CT molecular complexity index is 1310. The third kappa shape index (κ3) is 5.14. The highest BCUT2D eigenvalue weighted by atomic mass is 32.2. The van der Waals surface area contributed by atoms with Gasteiger partial charge in [-0.25, -0.2) is 0 Å². The highest BCUT2D eigenvalue weighted by Gasteiger charge is 2.49. The summed E-state index contributed by atoms with van der Waals surface area (Å²) in [6.45, 7) is 3.67. The molecule has 2 heterocycles. The van der Waals surface area contributed by atoms with Gasteiger partial charge in [-0.3, -0.25) is 19.3 Å². The number of ketones is 1. The quantitative estimate of drug-likeness (QED) is 0.536. The molecule has 10 heteroatoms. The summed E-state index contributed by atoms with van der Waals surface area (Å²) in [5.74, 6) is -2.47. The van der Waals surface area contributed by atoms with E-state index in [1.165, 1.54) is 26.0 Å². The number of benzene rings is 2. The van der Waals surface area contributed by atoms with Crippen LogP contribution in [0.2, 0.25) is 0 Å². The van der Waals surface area contributed by atoms with Crippen molar-refractivity contribution in [1.29, 1.82) is 5.26 Å². The number of nitriles is 1. The van der Waals surface area contributed by atoms with Crippen LogP contribution in [0.5, 0.6) is 0 Å². The molecule has 0 aliphatic carbocycles. The number of Topliss-reactive ketones (excluding diaryl/α,β-unsaturated/α-hetero) is 1. The lowest BCUT2D eigenvalue weighted by Gasteiger charge is -2.41. The van der Waals surface area contributed by atoms with Crippen LogP contribution in [0.1, 0.15) is 36.5 Å². The Balaban J connectivity index is 1.92. The van der Waals surface area contributed by atoms with E-state index in [0.717, 1.165) is 17.0 Å². The van der Waals surface area contributed by atoms with Crippen LogP contribution in [0.3, 0.4) is 0 Å². The molecule has 2 atom stereocenters. The largest absolute Gasteiger partial charge is 0.416 e. The van der Waals surface area contributed by atoms with Crippen LogP contribution in [-0.2, 0) is 20.6 Å². The van der Waals surface area contributed by atoms with Gasteiger partial charge in [0.2, 0.25) is 11.8 Å². The predicted molar refractivity (Wildman–Crippen MR) is 134 cm³/mol. The highest BCUT2D eigenvalue weighted by Crippen LogP contribution is 2.44. The second-order valence-electron chi connectivity index (χ2n) is 8.90. The summed E-state index contributed by atoms with van der Waals surface area (Å²) in [5, 5.41) is 9.20. The van der Waals surface area contributed by atoms with Crippen molar-refractivity contribution in [2.45, 2.75) is 25.9 Å². The Hall–Kier alpha value is -3.58. The van der Waals surface area contributed by atoms with Crippen molar-refractivity contribution >= 4 is 35.0 Å². The molecule has 2 aromatic carbocycles. The van der Waals surface area contributed by atoms with Crippen molar-refractivity contribution in [1.82, 2.24) is 4.90 Å². The highest BCUT2D eigenvalue weighted by molar-refractivity contribution is 7.99. The summed E-state index contributed by atoms with van der Waals surface area (Å²) in [7, 11) is 0. The van der Waals surface area contributed by atoms with E-state index in [1.807, 2.05) is 6.07 Å². The van der Waals surface area contributed by atoms with E-state index in [9.17, 15) is 32.8 Å². The molecule has 0 N–H and O–H groups in total. The number of anilines is 1. The average molecular weight is 528 g/mol. The minimum Gasteiger partial charge on any atom is -0.340 e. The maximum Gasteiger partial charge on any atom is 0.416 e. The van der Waals surface area contributed by atoms with Crippen LogP contribution in [0, 0.1) is 17.2 Å². The molecule has 0 bridgehead atoms. The van der Waals surface area contributed by atoms with E-state index in [-0.39, 0.29) is 17.0 Å². The summed E-state index contributed by atoms with van der Waals surface area (Å²) in [5.41, 5.74) is 0.208. The van der Waals surface area contributed by atoms with Crippen LogP contribution in [0.15, 0.2) is 59.8 Å². The fourth-order valence-corrected chi connectivity index (χ4v) is 5.83. The maximum absolute atomic E-state index is 14.1. The molecule has 2 aromatic rings. The van der Waals surface area contributed by atoms with Crippen LogP contribution < -0.4 is 4.90 Å². The third-order valence-electron chi connectivity index (χ3n) is 6.65. The van der Waals surface area contributed by atoms with Gasteiger partial charge in [0.05, 0.1) is 17.2 Å². The lowest BCUT2D eigenvalue weighted by Crippen LogP contribution is -2.53. The molecular weight excluding hydrogens is 503 g/mol. The third-order valence-corrected chi connectivity index (χ3v) is 7.60. The molecule has 1 fully saturated rings. The van der Waals surface area contributed by atoms with Crippen molar-refractivity contribution in [2.75, 3.05) is 29.5 Å². The lowest BCUT2D eigenvalue weighted by atomic mass is 9.74. The summed E-state index contributed by atoms with van der Waals surface area (Å²) < 4.78 is 40.4. The Kier molecular flexibility index (Phi) is 7.46. The number of amides is 2. The first kappa shape index (κ1) is 26.5. The van der Waals surface area contributed by atoms with Crippen LogP contribution >= 0.6 is 11.8 Å². The van der Waals surface area contributed by atoms with Crippen LogP contribution in [0.4, 0.5) is 18.9 Å². The van der Waals surface area contributed by atoms with E-state index >= 15 is 0 Å². The van der Waals surface area contributed by atoms with Gasteiger partial charge in [0, 0.05) is 47.5 Å². The van der Waals surface area contributed by atoms with Gasteiger partial charge in [0.1, 0.15) is 5.92 Å². The number of carbonyl (C=O) groups excluding carboxylic acids is 3. The van der Waals surface area contributed by atoms with Crippen LogP contribution in [0.25, 0.3) is 0 Å². The van der Waals surface area contributed by atoms with E-state index in [0.29, 0.717) is 35.7 Å². The topological polar surface area (TPSA) is 81.5 Å². The molecule has 0 saturated carbocycles. The number of alkyl halides is 3. The zero-order valence-corrected chi connectivity index (χ0v) is 21.0. The smallest absolute Gasteiger partial charge is 0.340 e. The average Bonchev–Trinajstić information content (AvgIpc) is 2.88. The molecular formula is C27H24F3N3O3S. The Morgan fingerprint density at radius 1 is 1.08 bits per heavy atom. The molecule has 0 aromatic heterocycles. The first-order valence-corrected chi connectivity index (χ1v) is 12.8. The summed E-state index contributed by atoms with van der Waals surface area (Å²) >= 11 is 1.68. The Labute approximate surface area is 216 Å². The molecule has 6 nitrogen and oxygen atoms in total. The van der Waals surface area contributed by atoms with Crippen molar-refractivity contribution in [3.8, 4) is 6.07 Å². The van der Waals surface area contributed by atoms with Gasteiger partial charge in [-0.2, -0.15) is 30.2 Å². The van der Waals surface area contributed by atoms with Gasteiger partial charge < -0.3 is 4.90 Å².